The Bertz CT molecular complexity index is 797. The van der Waals surface area contributed by atoms with Crippen LogP contribution in [0.3, 0.4) is 0 Å². The van der Waals surface area contributed by atoms with Crippen molar-refractivity contribution in [1.29, 1.82) is 0 Å². The van der Waals surface area contributed by atoms with E-state index in [1.54, 1.807) is 14.2 Å². The van der Waals surface area contributed by atoms with E-state index in [4.69, 9.17) is 9.47 Å². The summed E-state index contributed by atoms with van der Waals surface area (Å²) in [4.78, 5) is 6.79. The smallest absolute Gasteiger partial charge is 0.191 e. The van der Waals surface area contributed by atoms with Crippen LogP contribution in [0.5, 0.6) is 11.5 Å². The molecule has 8 nitrogen and oxygen atoms in total. The molecule has 29 heavy (non-hydrogen) atoms. The summed E-state index contributed by atoms with van der Waals surface area (Å²) in [5.41, 5.74) is 2.37. The molecule has 1 aromatic heterocycles. The minimum absolute atomic E-state index is 0.376. The zero-order valence-corrected chi connectivity index (χ0v) is 17.8. The first-order valence-corrected chi connectivity index (χ1v) is 10.00. The third-order valence-corrected chi connectivity index (χ3v) is 5.05. The molecule has 2 N–H and O–H groups in total. The molecule has 2 heterocycles. The fourth-order valence-electron chi connectivity index (χ4n) is 3.58. The number of aryl methyl sites for hydroxylation is 1. The van der Waals surface area contributed by atoms with Gasteiger partial charge in [-0.05, 0) is 36.6 Å². The Labute approximate surface area is 172 Å². The van der Waals surface area contributed by atoms with Crippen LogP contribution in [-0.4, -0.2) is 67.6 Å². The van der Waals surface area contributed by atoms with Crippen molar-refractivity contribution in [3.63, 3.8) is 0 Å². The summed E-state index contributed by atoms with van der Waals surface area (Å²) in [6, 6.07) is 6.42. The van der Waals surface area contributed by atoms with Gasteiger partial charge in [0.2, 0.25) is 0 Å². The molecule has 158 valence electrons. The van der Waals surface area contributed by atoms with Crippen LogP contribution >= 0.6 is 0 Å². The first kappa shape index (κ1) is 21.0. The Morgan fingerprint density at radius 1 is 1.24 bits per heavy atom. The van der Waals surface area contributed by atoms with Gasteiger partial charge in [0.25, 0.3) is 0 Å². The fourth-order valence-corrected chi connectivity index (χ4v) is 3.58. The lowest BCUT2D eigenvalue weighted by Crippen LogP contribution is -2.45. The maximum absolute atomic E-state index is 5.38. The zero-order valence-electron chi connectivity index (χ0n) is 17.8. The Morgan fingerprint density at radius 3 is 2.62 bits per heavy atom. The second-order valence-corrected chi connectivity index (χ2v) is 7.37. The van der Waals surface area contributed by atoms with Gasteiger partial charge in [0, 0.05) is 51.5 Å². The molecule has 1 aromatic carbocycles. The van der Waals surface area contributed by atoms with E-state index in [0.29, 0.717) is 6.04 Å². The van der Waals surface area contributed by atoms with Crippen LogP contribution in [0.2, 0.25) is 0 Å². The van der Waals surface area contributed by atoms with Crippen LogP contribution < -0.4 is 20.1 Å². The van der Waals surface area contributed by atoms with Crippen LogP contribution in [-0.2, 0) is 13.1 Å². The summed E-state index contributed by atoms with van der Waals surface area (Å²) < 4.78 is 12.7. The monoisotopic (exact) mass is 400 g/mol. The molecular formula is C21H32N6O2. The number of aliphatic imine (C=N–C) groups is 1. The minimum atomic E-state index is 0.376. The molecule has 1 unspecified atom stereocenters. The van der Waals surface area contributed by atoms with Gasteiger partial charge in [-0.1, -0.05) is 0 Å². The van der Waals surface area contributed by atoms with Crippen molar-refractivity contribution < 1.29 is 9.47 Å². The predicted molar refractivity (Wildman–Crippen MR) is 115 cm³/mol. The number of benzene rings is 1. The van der Waals surface area contributed by atoms with Crippen LogP contribution in [0.4, 0.5) is 0 Å². The molecule has 0 aliphatic carbocycles. The van der Waals surface area contributed by atoms with Gasteiger partial charge in [0.1, 0.15) is 11.5 Å². The normalized spacial score (nSPS) is 17.4. The molecule has 0 spiro atoms. The van der Waals surface area contributed by atoms with E-state index in [1.807, 2.05) is 37.1 Å². The molecule has 1 aliphatic heterocycles. The van der Waals surface area contributed by atoms with E-state index in [1.165, 1.54) is 11.1 Å². The number of aromatic nitrogens is 2. The highest BCUT2D eigenvalue weighted by Crippen LogP contribution is 2.24. The Hall–Kier alpha value is -2.74. The van der Waals surface area contributed by atoms with Crippen molar-refractivity contribution in [2.24, 2.45) is 4.99 Å². The summed E-state index contributed by atoms with van der Waals surface area (Å²) in [5.74, 6) is 2.49. The number of ether oxygens (including phenoxy) is 2. The number of likely N-dealkylation sites (tertiary alicyclic amines) is 1. The third kappa shape index (κ3) is 6.12. The summed E-state index contributed by atoms with van der Waals surface area (Å²) in [7, 11) is 5.17. The fraction of sp³-hybridized carbons (Fsp3) is 0.524. The van der Waals surface area contributed by atoms with Gasteiger partial charge in [-0.2, -0.15) is 5.10 Å². The van der Waals surface area contributed by atoms with Crippen molar-refractivity contribution >= 4 is 5.96 Å². The molecular weight excluding hydrogens is 368 g/mol. The molecule has 0 saturated carbocycles. The predicted octanol–water partition coefficient (Wildman–Crippen LogP) is 1.65. The Balaban J connectivity index is 1.46. The van der Waals surface area contributed by atoms with E-state index in [0.717, 1.165) is 56.6 Å². The summed E-state index contributed by atoms with van der Waals surface area (Å²) in [6.07, 6.45) is 5.00. The maximum Gasteiger partial charge on any atom is 0.191 e. The summed E-state index contributed by atoms with van der Waals surface area (Å²) >= 11 is 0. The van der Waals surface area contributed by atoms with Gasteiger partial charge in [0.05, 0.1) is 27.0 Å². The number of hydrogen-bond acceptors (Lipinski definition) is 5. The topological polar surface area (TPSA) is 75.9 Å². The van der Waals surface area contributed by atoms with Crippen LogP contribution in [0, 0.1) is 6.92 Å². The lowest BCUT2D eigenvalue weighted by atomic mass is 10.2. The van der Waals surface area contributed by atoms with Crippen molar-refractivity contribution in [3.05, 3.63) is 41.7 Å². The second kappa shape index (κ2) is 10.2. The first-order chi connectivity index (χ1) is 14.1. The van der Waals surface area contributed by atoms with Gasteiger partial charge in [-0.15, -0.1) is 0 Å². The highest BCUT2D eigenvalue weighted by Gasteiger charge is 2.23. The van der Waals surface area contributed by atoms with Gasteiger partial charge < -0.3 is 20.1 Å². The average Bonchev–Trinajstić information content (AvgIpc) is 3.35. The van der Waals surface area contributed by atoms with Gasteiger partial charge in [-0.25, -0.2) is 0 Å². The van der Waals surface area contributed by atoms with E-state index in [-0.39, 0.29) is 0 Å². The zero-order chi connectivity index (χ0) is 20.6. The highest BCUT2D eigenvalue weighted by molar-refractivity contribution is 5.79. The van der Waals surface area contributed by atoms with Crippen molar-refractivity contribution in [3.8, 4) is 11.5 Å². The van der Waals surface area contributed by atoms with E-state index >= 15 is 0 Å². The third-order valence-electron chi connectivity index (χ3n) is 5.05. The van der Waals surface area contributed by atoms with Crippen molar-refractivity contribution in [1.82, 2.24) is 25.3 Å². The maximum atomic E-state index is 5.38. The number of nitrogens with zero attached hydrogens (tertiary/aromatic N) is 4. The molecule has 8 heteroatoms. The van der Waals surface area contributed by atoms with Gasteiger partial charge in [0.15, 0.2) is 5.96 Å². The van der Waals surface area contributed by atoms with E-state index in [2.05, 4.69) is 37.8 Å². The molecule has 0 bridgehead atoms. The molecule has 0 amide bonds. The van der Waals surface area contributed by atoms with E-state index in [9.17, 15) is 0 Å². The molecule has 2 aromatic rings. The number of rotatable bonds is 8. The first-order valence-electron chi connectivity index (χ1n) is 10.00. The molecule has 3 rings (SSSR count). The van der Waals surface area contributed by atoms with Gasteiger partial charge >= 0.3 is 0 Å². The number of hydrogen-bond donors (Lipinski definition) is 2. The van der Waals surface area contributed by atoms with Crippen molar-refractivity contribution in [2.45, 2.75) is 32.5 Å². The lowest BCUT2D eigenvalue weighted by molar-refractivity contribution is 0.321. The van der Waals surface area contributed by atoms with E-state index < -0.39 is 0 Å². The Morgan fingerprint density at radius 2 is 2.00 bits per heavy atom. The number of methoxy groups -OCH3 is 2. The highest BCUT2D eigenvalue weighted by atomic mass is 16.5. The number of guanidine groups is 1. The summed E-state index contributed by atoms with van der Waals surface area (Å²) in [6.45, 7) is 6.52. The molecule has 1 saturated heterocycles. The Kier molecular flexibility index (Phi) is 7.35. The molecule has 0 radical (unpaired) electrons. The minimum Gasteiger partial charge on any atom is -0.497 e. The van der Waals surface area contributed by atoms with Gasteiger partial charge in [-0.3, -0.25) is 14.6 Å². The quantitative estimate of drug-likeness (QED) is 0.518. The van der Waals surface area contributed by atoms with Crippen LogP contribution in [0.1, 0.15) is 17.5 Å². The largest absolute Gasteiger partial charge is 0.497 e. The average molecular weight is 401 g/mol. The number of nitrogens with one attached hydrogen (secondary N) is 2. The summed E-state index contributed by atoms with van der Waals surface area (Å²) in [5, 5.41) is 11.2. The molecule has 1 fully saturated rings. The second-order valence-electron chi connectivity index (χ2n) is 7.37. The SMILES string of the molecule is CN=C(NCCn1cc(C)cn1)NC1CCN(Cc2cc(OC)cc(OC)c2)C1. The van der Waals surface area contributed by atoms with Crippen LogP contribution in [0.25, 0.3) is 0 Å². The van der Waals surface area contributed by atoms with Crippen molar-refractivity contribution in [2.75, 3.05) is 40.9 Å². The lowest BCUT2D eigenvalue weighted by Gasteiger charge is -2.19. The van der Waals surface area contributed by atoms with Crippen LogP contribution in [0.15, 0.2) is 35.6 Å². The molecule has 1 atom stereocenters. The standard InChI is InChI=1S/C21H32N6O2/c1-16-12-24-27(13-16)8-6-23-21(22-2)25-18-5-7-26(15-18)14-17-9-19(28-3)11-20(10-17)29-4/h9-13,18H,5-8,14-15H2,1-4H3,(H2,22,23,25). The molecule has 1 aliphatic rings.